The van der Waals surface area contributed by atoms with Gasteiger partial charge >= 0.3 is 6.03 Å². The molecule has 0 fully saturated rings. The molecule has 0 bridgehead atoms. The van der Waals surface area contributed by atoms with Gasteiger partial charge in [0.1, 0.15) is 4.21 Å². The van der Waals surface area contributed by atoms with Crippen molar-refractivity contribution >= 4 is 37.5 Å². The maximum absolute atomic E-state index is 11.6. The lowest BCUT2D eigenvalue weighted by Gasteiger charge is -1.99. The maximum Gasteiger partial charge on any atom is 0.326 e. The summed E-state index contributed by atoms with van der Waals surface area (Å²) >= 11 is 1.09. The van der Waals surface area contributed by atoms with Crippen LogP contribution in [-0.2, 0) is 10.0 Å². The molecular weight excluding hydrogens is 248 g/mol. The molecule has 0 saturated carbocycles. The average Bonchev–Trinajstić information content (AvgIpc) is 2.59. The van der Waals surface area contributed by atoms with Gasteiger partial charge in [-0.25, -0.2) is 17.9 Å². The van der Waals surface area contributed by atoms with Gasteiger partial charge in [-0.2, -0.15) is 0 Å². The topological polar surface area (TPSA) is 89.3 Å². The van der Waals surface area contributed by atoms with Gasteiger partial charge in [0.25, 0.3) is 10.0 Å². The molecule has 0 aliphatic rings. The van der Waals surface area contributed by atoms with Crippen molar-refractivity contribution in [2.75, 3.05) is 0 Å². The molecule has 1 aromatic heterocycles. The van der Waals surface area contributed by atoms with Crippen LogP contribution in [-0.4, -0.2) is 14.4 Å². The van der Waals surface area contributed by atoms with Gasteiger partial charge in [-0.3, -0.25) is 0 Å². The number of fused-ring (bicyclic) bond motifs is 1. The first-order chi connectivity index (χ1) is 7.49. The van der Waals surface area contributed by atoms with Crippen molar-refractivity contribution in [3.8, 4) is 0 Å². The Kier molecular flexibility index (Phi) is 2.56. The Bertz CT molecular complexity index is 613. The highest BCUT2D eigenvalue weighted by atomic mass is 32.2. The minimum atomic E-state index is -3.83. The number of amides is 2. The number of carbonyl (C=O) groups is 1. The van der Waals surface area contributed by atoms with Gasteiger partial charge in [0.05, 0.1) is 0 Å². The number of hydrogen-bond donors (Lipinski definition) is 2. The number of primary amides is 1. The van der Waals surface area contributed by atoms with Crippen LogP contribution in [0.4, 0.5) is 4.79 Å². The zero-order chi connectivity index (χ0) is 11.8. The third-order valence-electron chi connectivity index (χ3n) is 1.90. The first-order valence-electron chi connectivity index (χ1n) is 4.30. The molecule has 0 aliphatic heterocycles. The van der Waals surface area contributed by atoms with E-state index in [1.807, 2.05) is 18.2 Å². The van der Waals surface area contributed by atoms with Crippen LogP contribution in [0.15, 0.2) is 34.5 Å². The molecule has 0 saturated heterocycles. The smallest absolute Gasteiger partial charge is 0.326 e. The van der Waals surface area contributed by atoms with E-state index in [4.69, 9.17) is 5.73 Å². The molecule has 0 unspecified atom stereocenters. The Morgan fingerprint density at radius 3 is 2.62 bits per heavy atom. The van der Waals surface area contributed by atoms with Crippen LogP contribution in [0.2, 0.25) is 0 Å². The molecule has 2 rings (SSSR count). The first-order valence-corrected chi connectivity index (χ1v) is 6.60. The van der Waals surface area contributed by atoms with Crippen molar-refractivity contribution in [3.05, 3.63) is 30.3 Å². The van der Waals surface area contributed by atoms with Crippen LogP contribution in [0.5, 0.6) is 0 Å². The number of rotatable bonds is 2. The molecule has 1 aromatic carbocycles. The summed E-state index contributed by atoms with van der Waals surface area (Å²) < 4.78 is 25.9. The van der Waals surface area contributed by atoms with E-state index in [9.17, 15) is 13.2 Å². The average molecular weight is 256 g/mol. The van der Waals surface area contributed by atoms with Gasteiger partial charge < -0.3 is 5.73 Å². The molecule has 0 radical (unpaired) electrons. The quantitative estimate of drug-likeness (QED) is 0.847. The molecule has 16 heavy (non-hydrogen) atoms. The molecular formula is C9H8N2O3S2. The lowest BCUT2D eigenvalue weighted by Crippen LogP contribution is -2.34. The zero-order valence-corrected chi connectivity index (χ0v) is 9.64. The second kappa shape index (κ2) is 3.76. The predicted octanol–water partition coefficient (Wildman–Crippen LogP) is 1.26. The Balaban J connectivity index is 2.52. The molecule has 0 aliphatic carbocycles. The molecule has 5 nitrogen and oxygen atoms in total. The maximum atomic E-state index is 11.6. The molecule has 84 valence electrons. The van der Waals surface area contributed by atoms with E-state index < -0.39 is 16.1 Å². The van der Waals surface area contributed by atoms with Crippen LogP contribution in [0.1, 0.15) is 0 Å². The van der Waals surface area contributed by atoms with Gasteiger partial charge in [0.2, 0.25) is 0 Å². The number of nitrogens with one attached hydrogen (secondary N) is 1. The minimum Gasteiger partial charge on any atom is -0.351 e. The number of nitrogens with two attached hydrogens (primary N) is 1. The van der Waals surface area contributed by atoms with E-state index in [1.54, 1.807) is 10.8 Å². The van der Waals surface area contributed by atoms with E-state index >= 15 is 0 Å². The summed E-state index contributed by atoms with van der Waals surface area (Å²) in [5, 5.41) is 0.817. The third kappa shape index (κ3) is 2.00. The largest absolute Gasteiger partial charge is 0.351 e. The fourth-order valence-corrected chi connectivity index (χ4v) is 3.55. The fraction of sp³-hybridized carbons (Fsp3) is 0. The number of urea groups is 1. The summed E-state index contributed by atoms with van der Waals surface area (Å²) in [4.78, 5) is 10.5. The van der Waals surface area contributed by atoms with Crippen molar-refractivity contribution in [2.45, 2.75) is 4.21 Å². The van der Waals surface area contributed by atoms with Crippen LogP contribution < -0.4 is 10.5 Å². The summed E-state index contributed by atoms with van der Waals surface area (Å²) in [6, 6.07) is 7.66. The molecule has 3 N–H and O–H groups in total. The van der Waals surface area contributed by atoms with E-state index in [0.717, 1.165) is 21.4 Å². The van der Waals surface area contributed by atoms with Crippen molar-refractivity contribution in [3.63, 3.8) is 0 Å². The molecule has 0 atom stereocenters. The third-order valence-corrected chi connectivity index (χ3v) is 4.84. The standard InChI is InChI=1S/C9H8N2O3S2/c10-9(12)11-16(13,14)8-5-6-3-1-2-4-7(6)15-8/h1-5H,(H3,10,11,12). The highest BCUT2D eigenvalue weighted by Gasteiger charge is 2.18. The number of hydrogen-bond acceptors (Lipinski definition) is 4. The summed E-state index contributed by atoms with van der Waals surface area (Å²) in [6.07, 6.45) is 0. The van der Waals surface area contributed by atoms with Gasteiger partial charge in [-0.05, 0) is 17.5 Å². The second-order valence-electron chi connectivity index (χ2n) is 3.07. The van der Waals surface area contributed by atoms with Gasteiger partial charge in [0.15, 0.2) is 0 Å². The first kappa shape index (κ1) is 10.9. The Morgan fingerprint density at radius 1 is 1.31 bits per heavy atom. The highest BCUT2D eigenvalue weighted by molar-refractivity contribution is 7.92. The van der Waals surface area contributed by atoms with Crippen molar-refractivity contribution in [1.29, 1.82) is 0 Å². The monoisotopic (exact) mass is 256 g/mol. The number of sulfonamides is 1. The SMILES string of the molecule is NC(=O)NS(=O)(=O)c1cc2ccccc2s1. The van der Waals surface area contributed by atoms with Gasteiger partial charge in [0, 0.05) is 4.70 Å². The Morgan fingerprint density at radius 2 is 2.00 bits per heavy atom. The summed E-state index contributed by atoms with van der Waals surface area (Å²) in [7, 11) is -3.83. The summed E-state index contributed by atoms with van der Waals surface area (Å²) in [5.74, 6) is 0. The molecule has 0 spiro atoms. The fourth-order valence-electron chi connectivity index (χ4n) is 1.27. The number of thiophene rings is 1. The van der Waals surface area contributed by atoms with Crippen LogP contribution in [0, 0.1) is 0 Å². The highest BCUT2D eigenvalue weighted by Crippen LogP contribution is 2.28. The summed E-state index contributed by atoms with van der Waals surface area (Å²) in [5.41, 5.74) is 4.79. The van der Waals surface area contributed by atoms with Crippen molar-refractivity contribution in [2.24, 2.45) is 5.73 Å². The lowest BCUT2D eigenvalue weighted by molar-refractivity contribution is 0.253. The second-order valence-corrected chi connectivity index (χ2v) is 6.07. The van der Waals surface area contributed by atoms with Crippen molar-refractivity contribution in [1.82, 2.24) is 4.72 Å². The number of benzene rings is 1. The van der Waals surface area contributed by atoms with Crippen LogP contribution >= 0.6 is 11.3 Å². The Hall–Kier alpha value is -1.60. The van der Waals surface area contributed by atoms with E-state index in [1.165, 1.54) is 6.07 Å². The molecule has 2 amide bonds. The lowest BCUT2D eigenvalue weighted by atomic mass is 10.3. The predicted molar refractivity (Wildman–Crippen MR) is 61.7 cm³/mol. The number of carbonyl (C=O) groups excluding carboxylic acids is 1. The summed E-state index contributed by atoms with van der Waals surface area (Å²) in [6.45, 7) is 0. The van der Waals surface area contributed by atoms with Crippen LogP contribution in [0.3, 0.4) is 0 Å². The van der Waals surface area contributed by atoms with Crippen molar-refractivity contribution < 1.29 is 13.2 Å². The van der Waals surface area contributed by atoms with Crippen LogP contribution in [0.25, 0.3) is 10.1 Å². The zero-order valence-electron chi connectivity index (χ0n) is 8.01. The van der Waals surface area contributed by atoms with E-state index in [2.05, 4.69) is 0 Å². The van der Waals surface area contributed by atoms with Gasteiger partial charge in [-0.1, -0.05) is 18.2 Å². The van der Waals surface area contributed by atoms with E-state index in [0.29, 0.717) is 0 Å². The van der Waals surface area contributed by atoms with Gasteiger partial charge in [-0.15, -0.1) is 11.3 Å². The molecule has 1 heterocycles. The molecule has 7 heteroatoms. The molecule has 2 aromatic rings. The Labute approximate surface area is 95.9 Å². The minimum absolute atomic E-state index is 0.0764. The normalized spacial score (nSPS) is 11.5. The van der Waals surface area contributed by atoms with E-state index in [-0.39, 0.29) is 4.21 Å².